The molecule has 2 aliphatic carbocycles. The summed E-state index contributed by atoms with van der Waals surface area (Å²) in [5, 5.41) is 6.41. The molecule has 1 saturated carbocycles. The fourth-order valence-corrected chi connectivity index (χ4v) is 5.39. The molecule has 1 unspecified atom stereocenters. The van der Waals surface area contributed by atoms with E-state index >= 15 is 0 Å². The van der Waals surface area contributed by atoms with Crippen molar-refractivity contribution in [2.45, 2.75) is 57.3 Å². The van der Waals surface area contributed by atoms with Crippen molar-refractivity contribution in [3.63, 3.8) is 0 Å². The van der Waals surface area contributed by atoms with Crippen LogP contribution in [0, 0.1) is 5.41 Å². The van der Waals surface area contributed by atoms with Crippen molar-refractivity contribution in [1.29, 1.82) is 0 Å². The van der Waals surface area contributed by atoms with E-state index in [1.165, 1.54) is 0 Å². The smallest absolute Gasteiger partial charge is 0.345 e. The van der Waals surface area contributed by atoms with Gasteiger partial charge in [0.2, 0.25) is 0 Å². The first-order chi connectivity index (χ1) is 12.4. The Morgan fingerprint density at radius 3 is 2.69 bits per heavy atom. The minimum atomic E-state index is -2.75. The number of carbonyl (C=O) groups excluding carboxylic acids is 1. The van der Waals surface area contributed by atoms with Crippen LogP contribution in [0.4, 0.5) is 8.78 Å². The van der Waals surface area contributed by atoms with E-state index in [2.05, 4.69) is 32.6 Å². The number of halogens is 3. The van der Waals surface area contributed by atoms with Crippen molar-refractivity contribution in [2.24, 2.45) is 5.41 Å². The van der Waals surface area contributed by atoms with Crippen LogP contribution in [0.3, 0.4) is 0 Å². The van der Waals surface area contributed by atoms with Crippen molar-refractivity contribution >= 4 is 21.8 Å². The van der Waals surface area contributed by atoms with Crippen molar-refractivity contribution in [2.75, 3.05) is 0 Å². The lowest BCUT2D eigenvalue weighted by Crippen LogP contribution is -2.56. The van der Waals surface area contributed by atoms with E-state index < -0.39 is 18.3 Å². The molecule has 1 aromatic rings. The molecule has 140 valence electrons. The monoisotopic (exact) mass is 426 g/mol. The summed E-state index contributed by atoms with van der Waals surface area (Å²) in [6.07, 6.45) is 4.54. The predicted octanol–water partition coefficient (Wildman–Crippen LogP) is 3.95. The Labute approximate surface area is 159 Å². The maximum Gasteiger partial charge on any atom is 0.345 e. The molecular formula is C19H21BrF2N2O2. The quantitative estimate of drug-likeness (QED) is 0.752. The molecule has 1 saturated heterocycles. The van der Waals surface area contributed by atoms with E-state index in [4.69, 9.17) is 4.74 Å². The zero-order valence-electron chi connectivity index (χ0n) is 14.5. The molecule has 1 atom stereocenters. The standard InChI is InChI=1S/C19H21BrF2N2O2/c1-2-15-23-16(25)19(24-15)14-9-12(20)4-3-11(14)10-18(19)7-5-13(6-8-18)26-17(21)22/h2-4,9,13,17,24H,5-8,10H2,1H3,(H,23,25)/b15-2+. The van der Waals surface area contributed by atoms with Crippen LogP contribution in [-0.2, 0) is 21.5 Å². The molecule has 7 heteroatoms. The number of hydrogen-bond acceptors (Lipinski definition) is 3. The molecule has 1 aromatic carbocycles. The van der Waals surface area contributed by atoms with Gasteiger partial charge in [-0.05, 0) is 68.4 Å². The second-order valence-electron chi connectivity index (χ2n) is 7.39. The van der Waals surface area contributed by atoms with Crippen molar-refractivity contribution in [1.82, 2.24) is 10.6 Å². The maximum atomic E-state index is 13.2. The average molecular weight is 427 g/mol. The van der Waals surface area contributed by atoms with E-state index in [0.717, 1.165) is 22.0 Å². The van der Waals surface area contributed by atoms with Crippen molar-refractivity contribution < 1.29 is 18.3 Å². The maximum absolute atomic E-state index is 13.2. The largest absolute Gasteiger partial charge is 0.354 e. The number of ether oxygens (including phenoxy) is 1. The molecular weight excluding hydrogens is 406 g/mol. The number of fused-ring (bicyclic) bond motifs is 3. The van der Waals surface area contributed by atoms with Crippen molar-refractivity contribution in [3.05, 3.63) is 45.7 Å². The van der Waals surface area contributed by atoms with Crippen LogP contribution in [0.25, 0.3) is 0 Å². The summed E-state index contributed by atoms with van der Waals surface area (Å²) in [7, 11) is 0. The topological polar surface area (TPSA) is 50.4 Å². The third-order valence-electron chi connectivity index (χ3n) is 6.18. The van der Waals surface area contributed by atoms with E-state index in [0.29, 0.717) is 31.5 Å². The van der Waals surface area contributed by atoms with Gasteiger partial charge in [0.25, 0.3) is 5.91 Å². The summed E-state index contributed by atoms with van der Waals surface area (Å²) >= 11 is 3.52. The Kier molecular flexibility index (Phi) is 4.34. The summed E-state index contributed by atoms with van der Waals surface area (Å²) in [5.41, 5.74) is 0.923. The number of carbonyl (C=O) groups is 1. The SMILES string of the molecule is C/C=C1\NC(=O)C2(N1)c1cc(Br)ccc1CC21CCC(OC(F)F)CC1. The van der Waals surface area contributed by atoms with Gasteiger partial charge in [-0.3, -0.25) is 4.79 Å². The number of alkyl halides is 2. The number of hydrogen-bond donors (Lipinski definition) is 2. The molecule has 2 spiro atoms. The molecule has 0 radical (unpaired) electrons. The summed E-state index contributed by atoms with van der Waals surface area (Å²) in [6.45, 7) is -0.874. The van der Waals surface area contributed by atoms with Crippen LogP contribution in [0.1, 0.15) is 43.7 Å². The minimum Gasteiger partial charge on any atom is -0.354 e. The van der Waals surface area contributed by atoms with Gasteiger partial charge >= 0.3 is 6.61 Å². The summed E-state index contributed by atoms with van der Waals surface area (Å²) in [5.74, 6) is 0.642. The fourth-order valence-electron chi connectivity index (χ4n) is 5.03. The first-order valence-electron chi connectivity index (χ1n) is 8.89. The van der Waals surface area contributed by atoms with Gasteiger partial charge in [-0.1, -0.05) is 22.0 Å². The summed E-state index contributed by atoms with van der Waals surface area (Å²) in [6, 6.07) is 6.05. The highest BCUT2D eigenvalue weighted by molar-refractivity contribution is 9.10. The van der Waals surface area contributed by atoms with E-state index in [-0.39, 0.29) is 11.3 Å². The Balaban J connectivity index is 1.75. The molecule has 0 bridgehead atoms. The Hall–Kier alpha value is -1.47. The molecule has 4 rings (SSSR count). The van der Waals surface area contributed by atoms with Crippen LogP contribution in [-0.4, -0.2) is 18.6 Å². The van der Waals surface area contributed by atoms with Gasteiger partial charge in [0.05, 0.1) is 6.10 Å². The Bertz CT molecular complexity index is 775. The van der Waals surface area contributed by atoms with Crippen LogP contribution >= 0.6 is 15.9 Å². The number of benzene rings is 1. The molecule has 3 aliphatic rings. The molecule has 0 aromatic heterocycles. The van der Waals surface area contributed by atoms with E-state index in [9.17, 15) is 13.6 Å². The summed E-state index contributed by atoms with van der Waals surface area (Å²) < 4.78 is 30.8. The van der Waals surface area contributed by atoms with Crippen LogP contribution in [0.5, 0.6) is 0 Å². The zero-order chi connectivity index (χ0) is 18.5. The average Bonchev–Trinajstić information content (AvgIpc) is 3.08. The molecule has 2 fully saturated rings. The Morgan fingerprint density at radius 1 is 1.35 bits per heavy atom. The van der Waals surface area contributed by atoms with Gasteiger partial charge in [0, 0.05) is 9.89 Å². The molecule has 1 heterocycles. The number of nitrogens with one attached hydrogen (secondary N) is 2. The lowest BCUT2D eigenvalue weighted by Gasteiger charge is -2.46. The minimum absolute atomic E-state index is 0.0596. The third-order valence-corrected chi connectivity index (χ3v) is 6.68. The molecule has 4 nitrogen and oxygen atoms in total. The number of amides is 1. The summed E-state index contributed by atoms with van der Waals surface area (Å²) in [4.78, 5) is 13.2. The lowest BCUT2D eigenvalue weighted by atomic mass is 9.61. The van der Waals surface area contributed by atoms with Gasteiger partial charge in [-0.2, -0.15) is 8.78 Å². The number of rotatable bonds is 2. The van der Waals surface area contributed by atoms with Crippen LogP contribution in [0.2, 0.25) is 0 Å². The van der Waals surface area contributed by atoms with Gasteiger partial charge < -0.3 is 15.4 Å². The highest BCUT2D eigenvalue weighted by Gasteiger charge is 2.65. The zero-order valence-corrected chi connectivity index (χ0v) is 16.0. The highest BCUT2D eigenvalue weighted by Crippen LogP contribution is 2.59. The second-order valence-corrected chi connectivity index (χ2v) is 8.30. The first-order valence-corrected chi connectivity index (χ1v) is 9.68. The normalized spacial score (nSPS) is 34.6. The van der Waals surface area contributed by atoms with Gasteiger partial charge in [-0.15, -0.1) is 0 Å². The molecule has 1 aliphatic heterocycles. The fraction of sp³-hybridized carbons (Fsp3) is 0.526. The van der Waals surface area contributed by atoms with Crippen LogP contribution < -0.4 is 10.6 Å². The third kappa shape index (κ3) is 2.51. The van der Waals surface area contributed by atoms with Gasteiger partial charge in [-0.25, -0.2) is 0 Å². The molecule has 26 heavy (non-hydrogen) atoms. The molecule has 1 amide bonds. The first kappa shape index (κ1) is 17.9. The van der Waals surface area contributed by atoms with Crippen molar-refractivity contribution in [3.8, 4) is 0 Å². The van der Waals surface area contributed by atoms with Crippen LogP contribution in [0.15, 0.2) is 34.6 Å². The number of allylic oxidation sites excluding steroid dienone is 1. The predicted molar refractivity (Wildman–Crippen MR) is 96.3 cm³/mol. The van der Waals surface area contributed by atoms with Gasteiger partial charge in [0.1, 0.15) is 11.4 Å². The van der Waals surface area contributed by atoms with E-state index in [1.807, 2.05) is 25.1 Å². The molecule has 2 N–H and O–H groups in total. The Morgan fingerprint density at radius 2 is 2.08 bits per heavy atom. The van der Waals surface area contributed by atoms with Gasteiger partial charge in [0.15, 0.2) is 0 Å². The second kappa shape index (κ2) is 6.30. The lowest BCUT2D eigenvalue weighted by molar-refractivity contribution is -0.178. The highest BCUT2D eigenvalue weighted by atomic mass is 79.9. The van der Waals surface area contributed by atoms with E-state index in [1.54, 1.807) is 0 Å².